The normalized spacial score (nSPS) is 34.0. The maximum atomic E-state index is 3.66. The van der Waals surface area contributed by atoms with Crippen molar-refractivity contribution < 1.29 is 0 Å². The fraction of sp³-hybridized carbons (Fsp3) is 1.00. The van der Waals surface area contributed by atoms with Crippen molar-refractivity contribution in [2.75, 3.05) is 6.54 Å². The maximum absolute atomic E-state index is 3.66. The van der Waals surface area contributed by atoms with Crippen molar-refractivity contribution in [3.8, 4) is 0 Å². The molecule has 88 valence electrons. The Hall–Kier alpha value is -0.0400. The van der Waals surface area contributed by atoms with Crippen LogP contribution in [0.5, 0.6) is 0 Å². The van der Waals surface area contributed by atoms with Crippen LogP contribution in [-0.2, 0) is 0 Å². The highest BCUT2D eigenvalue weighted by atomic mass is 14.9. The average molecular weight is 209 g/mol. The minimum absolute atomic E-state index is 0.887. The zero-order chi connectivity index (χ0) is 10.7. The summed E-state index contributed by atoms with van der Waals surface area (Å²) in [6, 6.07) is 0.887. The van der Waals surface area contributed by atoms with Gasteiger partial charge in [-0.1, -0.05) is 33.1 Å². The van der Waals surface area contributed by atoms with Crippen molar-refractivity contribution in [1.29, 1.82) is 0 Å². The van der Waals surface area contributed by atoms with E-state index in [9.17, 15) is 0 Å². The molecule has 1 nitrogen and oxygen atoms in total. The molecule has 2 aliphatic rings. The van der Waals surface area contributed by atoms with Crippen molar-refractivity contribution in [1.82, 2.24) is 5.32 Å². The lowest BCUT2D eigenvalue weighted by Crippen LogP contribution is -2.25. The second-order valence-corrected chi connectivity index (χ2v) is 6.16. The highest BCUT2D eigenvalue weighted by Gasteiger charge is 2.23. The van der Waals surface area contributed by atoms with Gasteiger partial charge < -0.3 is 5.32 Å². The van der Waals surface area contributed by atoms with Gasteiger partial charge in [-0.3, -0.25) is 0 Å². The van der Waals surface area contributed by atoms with Crippen LogP contribution in [0.2, 0.25) is 0 Å². The molecule has 0 bridgehead atoms. The first-order chi connectivity index (χ1) is 7.24. The molecule has 15 heavy (non-hydrogen) atoms. The van der Waals surface area contributed by atoms with E-state index in [1.807, 2.05) is 0 Å². The zero-order valence-corrected chi connectivity index (χ0v) is 10.5. The summed E-state index contributed by atoms with van der Waals surface area (Å²) in [6.07, 6.45) is 10.3. The smallest absolute Gasteiger partial charge is 0.00683 e. The van der Waals surface area contributed by atoms with Gasteiger partial charge in [-0.25, -0.2) is 0 Å². The zero-order valence-electron chi connectivity index (χ0n) is 10.5. The topological polar surface area (TPSA) is 12.0 Å². The van der Waals surface area contributed by atoms with Gasteiger partial charge in [0.25, 0.3) is 0 Å². The molecule has 0 aliphatic heterocycles. The van der Waals surface area contributed by atoms with E-state index in [2.05, 4.69) is 19.2 Å². The number of hydrogen-bond acceptors (Lipinski definition) is 1. The first kappa shape index (κ1) is 11.4. The molecule has 3 unspecified atom stereocenters. The summed E-state index contributed by atoms with van der Waals surface area (Å²) >= 11 is 0. The van der Waals surface area contributed by atoms with Crippen LogP contribution in [-0.4, -0.2) is 12.6 Å². The summed E-state index contributed by atoms with van der Waals surface area (Å²) in [6.45, 7) is 6.11. The fourth-order valence-electron chi connectivity index (χ4n) is 3.08. The van der Waals surface area contributed by atoms with Gasteiger partial charge in [0.15, 0.2) is 0 Å². The number of hydrogen-bond donors (Lipinski definition) is 1. The Morgan fingerprint density at radius 3 is 2.67 bits per heavy atom. The van der Waals surface area contributed by atoms with Crippen LogP contribution >= 0.6 is 0 Å². The van der Waals surface area contributed by atoms with Crippen LogP contribution in [0.25, 0.3) is 0 Å². The Morgan fingerprint density at radius 2 is 2.00 bits per heavy atom. The monoisotopic (exact) mass is 209 g/mol. The summed E-state index contributed by atoms with van der Waals surface area (Å²) in [4.78, 5) is 0. The Morgan fingerprint density at radius 1 is 1.20 bits per heavy atom. The molecule has 0 radical (unpaired) electrons. The van der Waals surface area contributed by atoms with E-state index in [0.717, 1.165) is 23.8 Å². The molecule has 0 amide bonds. The maximum Gasteiger partial charge on any atom is 0.00683 e. The third-order valence-corrected chi connectivity index (χ3v) is 4.11. The van der Waals surface area contributed by atoms with Gasteiger partial charge in [0.2, 0.25) is 0 Å². The Balaban J connectivity index is 1.61. The van der Waals surface area contributed by atoms with Crippen LogP contribution in [0, 0.1) is 17.8 Å². The van der Waals surface area contributed by atoms with Crippen molar-refractivity contribution in [3.63, 3.8) is 0 Å². The van der Waals surface area contributed by atoms with Gasteiger partial charge in [0, 0.05) is 6.04 Å². The number of rotatable bonds is 5. The highest BCUT2D eigenvalue weighted by molar-refractivity contribution is 4.82. The lowest BCUT2D eigenvalue weighted by molar-refractivity contribution is 0.241. The summed E-state index contributed by atoms with van der Waals surface area (Å²) in [5.74, 6) is 2.91. The molecule has 2 aliphatic carbocycles. The van der Waals surface area contributed by atoms with Crippen molar-refractivity contribution in [2.45, 2.75) is 64.8 Å². The molecule has 2 saturated carbocycles. The van der Waals surface area contributed by atoms with E-state index in [1.54, 1.807) is 0 Å². The molecule has 0 aromatic rings. The highest BCUT2D eigenvalue weighted by Crippen LogP contribution is 2.32. The predicted octanol–water partition coefficient (Wildman–Crippen LogP) is 3.59. The number of nitrogens with one attached hydrogen (secondary N) is 1. The lowest BCUT2D eigenvalue weighted by atomic mass is 9.78. The minimum Gasteiger partial charge on any atom is -0.314 e. The van der Waals surface area contributed by atoms with Crippen LogP contribution < -0.4 is 5.32 Å². The van der Waals surface area contributed by atoms with Crippen LogP contribution in [0.4, 0.5) is 0 Å². The van der Waals surface area contributed by atoms with E-state index in [1.165, 1.54) is 51.5 Å². The SMILES string of the molecule is CC1CCCC(CC(C)CNC2CC2)C1. The van der Waals surface area contributed by atoms with E-state index < -0.39 is 0 Å². The Kier molecular flexibility index (Phi) is 4.07. The molecule has 0 aromatic heterocycles. The molecule has 2 rings (SSSR count). The van der Waals surface area contributed by atoms with E-state index >= 15 is 0 Å². The van der Waals surface area contributed by atoms with E-state index in [0.29, 0.717) is 0 Å². The molecule has 3 atom stereocenters. The van der Waals surface area contributed by atoms with Crippen LogP contribution in [0.3, 0.4) is 0 Å². The molecule has 2 fully saturated rings. The molecule has 0 spiro atoms. The van der Waals surface area contributed by atoms with Crippen LogP contribution in [0.1, 0.15) is 58.8 Å². The van der Waals surface area contributed by atoms with Crippen LogP contribution in [0.15, 0.2) is 0 Å². The third kappa shape index (κ3) is 4.14. The lowest BCUT2D eigenvalue weighted by Gasteiger charge is -2.28. The van der Waals surface area contributed by atoms with Crippen molar-refractivity contribution in [2.24, 2.45) is 17.8 Å². The first-order valence-corrected chi connectivity index (χ1v) is 6.97. The summed E-state index contributed by atoms with van der Waals surface area (Å²) in [5.41, 5.74) is 0. The van der Waals surface area contributed by atoms with Gasteiger partial charge >= 0.3 is 0 Å². The van der Waals surface area contributed by atoms with Gasteiger partial charge in [0.1, 0.15) is 0 Å². The second kappa shape index (κ2) is 5.34. The summed E-state index contributed by atoms with van der Waals surface area (Å²) in [5, 5.41) is 3.66. The molecule has 0 aromatic carbocycles. The third-order valence-electron chi connectivity index (χ3n) is 4.11. The fourth-order valence-corrected chi connectivity index (χ4v) is 3.08. The van der Waals surface area contributed by atoms with Gasteiger partial charge in [0.05, 0.1) is 0 Å². The molecule has 1 N–H and O–H groups in total. The van der Waals surface area contributed by atoms with Gasteiger partial charge in [-0.05, 0) is 50.0 Å². The Bertz CT molecular complexity index is 186. The molecule has 0 heterocycles. The minimum atomic E-state index is 0.887. The molecule has 1 heteroatoms. The molecular formula is C14H27N. The first-order valence-electron chi connectivity index (χ1n) is 6.97. The largest absolute Gasteiger partial charge is 0.314 e. The van der Waals surface area contributed by atoms with Gasteiger partial charge in [-0.2, -0.15) is 0 Å². The summed E-state index contributed by atoms with van der Waals surface area (Å²) in [7, 11) is 0. The Labute approximate surface area is 95.0 Å². The second-order valence-electron chi connectivity index (χ2n) is 6.16. The van der Waals surface area contributed by atoms with Gasteiger partial charge in [-0.15, -0.1) is 0 Å². The van der Waals surface area contributed by atoms with E-state index in [-0.39, 0.29) is 0 Å². The van der Waals surface area contributed by atoms with Crippen molar-refractivity contribution >= 4 is 0 Å². The predicted molar refractivity (Wildman–Crippen MR) is 65.9 cm³/mol. The standard InChI is InChI=1S/C14H27N/c1-11-4-3-5-13(8-11)9-12(2)10-15-14-6-7-14/h11-15H,3-10H2,1-2H3. The van der Waals surface area contributed by atoms with E-state index in [4.69, 9.17) is 0 Å². The molecule has 0 saturated heterocycles. The van der Waals surface area contributed by atoms with Crippen molar-refractivity contribution in [3.05, 3.63) is 0 Å². The quantitative estimate of drug-likeness (QED) is 0.729. The average Bonchev–Trinajstić information content (AvgIpc) is 2.98. The summed E-state index contributed by atoms with van der Waals surface area (Å²) < 4.78 is 0. The molecular weight excluding hydrogens is 182 g/mol.